The summed E-state index contributed by atoms with van der Waals surface area (Å²) in [4.78, 5) is 14.6. The van der Waals surface area contributed by atoms with Crippen molar-refractivity contribution in [2.24, 2.45) is 23.7 Å². The van der Waals surface area contributed by atoms with Crippen LogP contribution in [0, 0.1) is 23.7 Å². The van der Waals surface area contributed by atoms with Crippen LogP contribution >= 0.6 is 0 Å². The van der Waals surface area contributed by atoms with E-state index in [0.717, 1.165) is 31.8 Å². The first-order valence-electron chi connectivity index (χ1n) is 8.97. The van der Waals surface area contributed by atoms with E-state index in [9.17, 15) is 13.2 Å². The van der Waals surface area contributed by atoms with Crippen LogP contribution in [0.1, 0.15) is 51.9 Å². The van der Waals surface area contributed by atoms with Gasteiger partial charge in [0.25, 0.3) is 0 Å². The average molecular weight is 327 g/mol. The first-order chi connectivity index (χ1) is 10.5. The van der Waals surface area contributed by atoms with Crippen LogP contribution in [0.2, 0.25) is 0 Å². The number of sulfone groups is 1. The molecule has 3 aliphatic rings. The first kappa shape index (κ1) is 16.3. The van der Waals surface area contributed by atoms with Crippen molar-refractivity contribution in [1.82, 2.24) is 4.90 Å². The molecule has 3 rings (SSSR count). The summed E-state index contributed by atoms with van der Waals surface area (Å²) in [5.41, 5.74) is 0. The van der Waals surface area contributed by atoms with E-state index in [1.165, 1.54) is 32.1 Å². The molecule has 1 atom stereocenters. The number of rotatable bonds is 5. The van der Waals surface area contributed by atoms with Crippen molar-refractivity contribution >= 4 is 15.7 Å². The Morgan fingerprint density at radius 3 is 2.27 bits per heavy atom. The van der Waals surface area contributed by atoms with Crippen LogP contribution in [0.5, 0.6) is 0 Å². The summed E-state index contributed by atoms with van der Waals surface area (Å²) in [6.45, 7) is 3.71. The topological polar surface area (TPSA) is 54.5 Å². The van der Waals surface area contributed by atoms with E-state index in [1.807, 2.05) is 4.90 Å². The molecule has 5 heteroatoms. The predicted molar refractivity (Wildman–Crippen MR) is 87.2 cm³/mol. The molecule has 1 amide bonds. The molecule has 1 saturated carbocycles. The van der Waals surface area contributed by atoms with Gasteiger partial charge in [-0.1, -0.05) is 39.0 Å². The van der Waals surface area contributed by atoms with Crippen LogP contribution in [-0.4, -0.2) is 43.8 Å². The van der Waals surface area contributed by atoms with Gasteiger partial charge in [-0.2, -0.15) is 0 Å². The summed E-state index contributed by atoms with van der Waals surface area (Å²) in [7, 11) is -2.73. The third kappa shape index (κ3) is 3.50. The molecule has 0 aromatic rings. The second kappa shape index (κ2) is 6.50. The van der Waals surface area contributed by atoms with Crippen molar-refractivity contribution in [2.75, 3.05) is 24.6 Å². The van der Waals surface area contributed by atoms with Gasteiger partial charge in [0, 0.05) is 19.0 Å². The Kier molecular flexibility index (Phi) is 4.81. The van der Waals surface area contributed by atoms with Crippen LogP contribution < -0.4 is 0 Å². The Morgan fingerprint density at radius 2 is 1.73 bits per heavy atom. The highest BCUT2D eigenvalue weighted by atomic mass is 32.2. The number of hydrogen-bond acceptors (Lipinski definition) is 3. The number of likely N-dealkylation sites (tertiary alicyclic amines) is 1. The highest BCUT2D eigenvalue weighted by molar-refractivity contribution is 7.92. The monoisotopic (exact) mass is 327 g/mol. The van der Waals surface area contributed by atoms with Crippen molar-refractivity contribution in [3.05, 3.63) is 0 Å². The molecular weight excluding hydrogens is 298 g/mol. The molecule has 0 radical (unpaired) electrons. The maximum Gasteiger partial charge on any atom is 0.225 e. The summed E-state index contributed by atoms with van der Waals surface area (Å²) in [6, 6.07) is 0. The Labute approximate surface area is 134 Å². The lowest BCUT2D eigenvalue weighted by molar-refractivity contribution is -0.144. The predicted octanol–water partition coefficient (Wildman–Crippen LogP) is 2.49. The quantitative estimate of drug-likeness (QED) is 0.779. The number of amides is 1. The van der Waals surface area contributed by atoms with Gasteiger partial charge < -0.3 is 4.90 Å². The lowest BCUT2D eigenvalue weighted by Gasteiger charge is -2.47. The van der Waals surface area contributed by atoms with Gasteiger partial charge in [-0.3, -0.25) is 4.79 Å². The molecule has 2 saturated heterocycles. The second-order valence-corrected chi connectivity index (χ2v) is 9.84. The SMILES string of the molecule is CCC(CC1CCCCC1)C(=O)N1CC(C2CS(=O)(=O)C2)C1. The number of hydrogen-bond donors (Lipinski definition) is 0. The molecule has 2 heterocycles. The summed E-state index contributed by atoms with van der Waals surface area (Å²) >= 11 is 0. The zero-order valence-corrected chi connectivity index (χ0v) is 14.5. The van der Waals surface area contributed by atoms with E-state index in [1.54, 1.807) is 0 Å². The van der Waals surface area contributed by atoms with Crippen LogP contribution in [-0.2, 0) is 14.6 Å². The van der Waals surface area contributed by atoms with E-state index in [2.05, 4.69) is 6.92 Å². The summed E-state index contributed by atoms with van der Waals surface area (Å²) in [6.07, 6.45) is 8.62. The Morgan fingerprint density at radius 1 is 1.09 bits per heavy atom. The average Bonchev–Trinajstić information content (AvgIpc) is 2.42. The van der Waals surface area contributed by atoms with Gasteiger partial charge >= 0.3 is 0 Å². The van der Waals surface area contributed by atoms with Crippen LogP contribution in [0.3, 0.4) is 0 Å². The molecule has 0 aromatic carbocycles. The van der Waals surface area contributed by atoms with Gasteiger partial charge in [0.15, 0.2) is 9.84 Å². The first-order valence-corrected chi connectivity index (χ1v) is 10.8. The summed E-state index contributed by atoms with van der Waals surface area (Å²) < 4.78 is 22.5. The molecule has 126 valence electrons. The minimum atomic E-state index is -2.73. The van der Waals surface area contributed by atoms with Crippen molar-refractivity contribution in [3.63, 3.8) is 0 Å². The smallest absolute Gasteiger partial charge is 0.225 e. The second-order valence-electron chi connectivity index (χ2n) is 7.69. The molecule has 1 aliphatic carbocycles. The molecular formula is C17H29NO3S. The standard InChI is InChI=1S/C17H29NO3S/c1-2-14(8-13-6-4-3-5-7-13)17(19)18-9-15(10-18)16-11-22(20,21)12-16/h13-16H,2-12H2,1H3. The summed E-state index contributed by atoms with van der Waals surface area (Å²) in [5, 5.41) is 0. The van der Waals surface area contributed by atoms with E-state index >= 15 is 0 Å². The fraction of sp³-hybridized carbons (Fsp3) is 0.941. The van der Waals surface area contributed by atoms with Gasteiger partial charge in [-0.15, -0.1) is 0 Å². The van der Waals surface area contributed by atoms with Crippen LogP contribution in [0.25, 0.3) is 0 Å². The molecule has 0 spiro atoms. The third-order valence-corrected chi connectivity index (χ3v) is 7.88. The molecule has 3 fully saturated rings. The minimum absolute atomic E-state index is 0.189. The number of nitrogens with zero attached hydrogens (tertiary/aromatic N) is 1. The Bertz CT molecular complexity index is 492. The molecule has 0 aromatic heterocycles. The van der Waals surface area contributed by atoms with Crippen molar-refractivity contribution in [3.8, 4) is 0 Å². The minimum Gasteiger partial charge on any atom is -0.342 e. The number of carbonyl (C=O) groups excluding carboxylic acids is 1. The zero-order chi connectivity index (χ0) is 15.7. The fourth-order valence-electron chi connectivity index (χ4n) is 4.39. The molecule has 4 nitrogen and oxygen atoms in total. The maximum atomic E-state index is 12.6. The molecule has 22 heavy (non-hydrogen) atoms. The van der Waals surface area contributed by atoms with Gasteiger partial charge in [-0.05, 0) is 30.6 Å². The van der Waals surface area contributed by atoms with Gasteiger partial charge in [0.1, 0.15) is 0 Å². The van der Waals surface area contributed by atoms with E-state index in [-0.39, 0.29) is 5.92 Å². The summed E-state index contributed by atoms with van der Waals surface area (Å²) in [5.74, 6) is 2.70. The lowest BCUT2D eigenvalue weighted by atomic mass is 9.80. The maximum absolute atomic E-state index is 12.6. The fourth-order valence-corrected chi connectivity index (χ4v) is 6.14. The van der Waals surface area contributed by atoms with Gasteiger partial charge in [0.2, 0.25) is 5.91 Å². The number of carbonyl (C=O) groups is 1. The van der Waals surface area contributed by atoms with Gasteiger partial charge in [0.05, 0.1) is 11.5 Å². The lowest BCUT2D eigenvalue weighted by Crippen LogP contribution is -2.58. The van der Waals surface area contributed by atoms with E-state index in [0.29, 0.717) is 29.2 Å². The van der Waals surface area contributed by atoms with Crippen molar-refractivity contribution in [2.45, 2.75) is 51.9 Å². The Hall–Kier alpha value is -0.580. The third-order valence-electron chi connectivity index (χ3n) is 6.01. The normalized spacial score (nSPS) is 28.0. The van der Waals surface area contributed by atoms with Crippen LogP contribution in [0.4, 0.5) is 0 Å². The van der Waals surface area contributed by atoms with E-state index in [4.69, 9.17) is 0 Å². The molecule has 2 aliphatic heterocycles. The van der Waals surface area contributed by atoms with E-state index < -0.39 is 9.84 Å². The zero-order valence-electron chi connectivity index (χ0n) is 13.7. The highest BCUT2D eigenvalue weighted by Gasteiger charge is 2.45. The molecule has 1 unspecified atom stereocenters. The molecule has 0 bridgehead atoms. The highest BCUT2D eigenvalue weighted by Crippen LogP contribution is 2.35. The van der Waals surface area contributed by atoms with Gasteiger partial charge in [-0.25, -0.2) is 8.42 Å². The Balaban J connectivity index is 1.44. The van der Waals surface area contributed by atoms with Crippen LogP contribution in [0.15, 0.2) is 0 Å². The largest absolute Gasteiger partial charge is 0.342 e. The van der Waals surface area contributed by atoms with Crippen molar-refractivity contribution < 1.29 is 13.2 Å². The van der Waals surface area contributed by atoms with Crippen molar-refractivity contribution in [1.29, 1.82) is 0 Å². The molecule has 0 N–H and O–H groups in total.